The minimum Gasteiger partial charge on any atom is -0.383 e. The van der Waals surface area contributed by atoms with Gasteiger partial charge in [0, 0.05) is 12.6 Å². The topological polar surface area (TPSA) is 106 Å². The first-order valence-corrected chi connectivity index (χ1v) is 10.1. The van der Waals surface area contributed by atoms with Crippen molar-refractivity contribution in [3.63, 3.8) is 0 Å². The lowest BCUT2D eigenvalue weighted by Crippen LogP contribution is -3.10. The molecule has 0 saturated heterocycles. The molecule has 3 aromatic rings. The van der Waals surface area contributed by atoms with E-state index in [0.29, 0.717) is 0 Å². The summed E-state index contributed by atoms with van der Waals surface area (Å²) in [5.74, 6) is -0.315. The molecule has 3 rings (SSSR count). The summed E-state index contributed by atoms with van der Waals surface area (Å²) in [6, 6.07) is 19.3. The highest BCUT2D eigenvalue weighted by Gasteiger charge is 2.25. The first-order valence-electron chi connectivity index (χ1n) is 10.1. The standard InChI is InChI=1S/C23H27N5O3/c1-16(18-12-8-5-9-13-18)26(2)15-19(29)27(3)20-21(24)28(23(31)25-22(20)30)14-17-10-6-4-7-11-17/h4-13,16H,14-15,24H2,1-3H3,(H,25,30,31)/p+1/t16-/m0/s1. The first-order chi connectivity index (χ1) is 14.8. The van der Waals surface area contributed by atoms with Gasteiger partial charge in [0.2, 0.25) is 0 Å². The number of amides is 1. The number of hydrogen-bond donors (Lipinski definition) is 3. The van der Waals surface area contributed by atoms with Crippen LogP contribution in [0.2, 0.25) is 0 Å². The average Bonchev–Trinajstić information content (AvgIpc) is 2.77. The molecule has 0 saturated carbocycles. The number of carbonyl (C=O) groups excluding carboxylic acids is 1. The zero-order valence-electron chi connectivity index (χ0n) is 18.0. The van der Waals surface area contributed by atoms with Gasteiger partial charge in [-0.3, -0.25) is 19.1 Å². The Morgan fingerprint density at radius 2 is 1.68 bits per heavy atom. The van der Waals surface area contributed by atoms with Crippen LogP contribution in [0.3, 0.4) is 0 Å². The fourth-order valence-corrected chi connectivity index (χ4v) is 3.49. The number of carbonyl (C=O) groups is 1. The highest BCUT2D eigenvalue weighted by Crippen LogP contribution is 2.16. The van der Waals surface area contributed by atoms with Crippen molar-refractivity contribution in [2.75, 3.05) is 31.3 Å². The third kappa shape index (κ3) is 4.92. The van der Waals surface area contributed by atoms with Gasteiger partial charge in [0.1, 0.15) is 11.9 Å². The van der Waals surface area contributed by atoms with Crippen LogP contribution in [0.5, 0.6) is 0 Å². The van der Waals surface area contributed by atoms with E-state index in [-0.39, 0.29) is 36.5 Å². The molecule has 2 atom stereocenters. The van der Waals surface area contributed by atoms with E-state index < -0.39 is 11.2 Å². The Morgan fingerprint density at radius 3 is 2.29 bits per heavy atom. The zero-order valence-corrected chi connectivity index (χ0v) is 18.0. The lowest BCUT2D eigenvalue weighted by atomic mass is 10.1. The summed E-state index contributed by atoms with van der Waals surface area (Å²) >= 11 is 0. The van der Waals surface area contributed by atoms with E-state index in [2.05, 4.69) is 4.98 Å². The Morgan fingerprint density at radius 1 is 1.10 bits per heavy atom. The fourth-order valence-electron chi connectivity index (χ4n) is 3.49. The average molecular weight is 423 g/mol. The van der Waals surface area contributed by atoms with Crippen molar-refractivity contribution >= 4 is 17.4 Å². The number of benzene rings is 2. The van der Waals surface area contributed by atoms with E-state index in [0.717, 1.165) is 16.0 Å². The van der Waals surface area contributed by atoms with Crippen molar-refractivity contribution in [3.8, 4) is 0 Å². The molecular formula is C23H28N5O3+. The molecule has 1 unspecified atom stereocenters. The summed E-state index contributed by atoms with van der Waals surface area (Å²) in [6.07, 6.45) is 0. The van der Waals surface area contributed by atoms with Gasteiger partial charge in [0.15, 0.2) is 12.2 Å². The summed E-state index contributed by atoms with van der Waals surface area (Å²) in [7, 11) is 3.42. The lowest BCUT2D eigenvalue weighted by molar-refractivity contribution is -0.902. The van der Waals surface area contributed by atoms with Crippen molar-refractivity contribution in [2.45, 2.75) is 19.5 Å². The largest absolute Gasteiger partial charge is 0.383 e. The Bertz CT molecular complexity index is 1160. The molecule has 0 fully saturated rings. The number of anilines is 2. The monoisotopic (exact) mass is 422 g/mol. The van der Waals surface area contributed by atoms with E-state index in [1.165, 1.54) is 16.5 Å². The van der Waals surface area contributed by atoms with Crippen molar-refractivity contribution in [3.05, 3.63) is 92.6 Å². The van der Waals surface area contributed by atoms with Crippen LogP contribution < -0.4 is 26.8 Å². The number of nitrogens with two attached hydrogens (primary N) is 1. The maximum absolute atomic E-state index is 13.0. The van der Waals surface area contributed by atoms with Gasteiger partial charge in [-0.2, -0.15) is 0 Å². The molecule has 0 aliphatic rings. The number of likely N-dealkylation sites (N-methyl/N-ethyl adjacent to an activating group) is 2. The molecule has 0 aliphatic heterocycles. The van der Waals surface area contributed by atoms with Gasteiger partial charge >= 0.3 is 5.69 Å². The van der Waals surface area contributed by atoms with E-state index in [4.69, 9.17) is 5.73 Å². The Labute approximate surface area is 180 Å². The van der Waals surface area contributed by atoms with Gasteiger partial charge in [0.25, 0.3) is 11.5 Å². The number of quaternary nitrogens is 1. The van der Waals surface area contributed by atoms with E-state index in [9.17, 15) is 14.4 Å². The van der Waals surface area contributed by atoms with Crippen LogP contribution in [-0.4, -0.2) is 36.1 Å². The summed E-state index contributed by atoms with van der Waals surface area (Å²) < 4.78 is 1.26. The SMILES string of the molecule is C[C@@H](c1ccccc1)[NH+](C)CC(=O)N(C)c1c(N)n(Cc2ccccc2)c(=O)[nH]c1=O. The van der Waals surface area contributed by atoms with Gasteiger partial charge in [-0.15, -0.1) is 0 Å². The number of rotatable bonds is 7. The number of nitrogens with one attached hydrogen (secondary N) is 2. The maximum Gasteiger partial charge on any atom is 0.330 e. The third-order valence-corrected chi connectivity index (χ3v) is 5.58. The predicted octanol–water partition coefficient (Wildman–Crippen LogP) is 0.406. The van der Waals surface area contributed by atoms with Crippen LogP contribution in [0, 0.1) is 0 Å². The molecule has 1 aromatic heterocycles. The summed E-state index contributed by atoms with van der Waals surface area (Å²) in [4.78, 5) is 42.3. The number of aromatic amines is 1. The van der Waals surface area contributed by atoms with Crippen LogP contribution in [0.15, 0.2) is 70.3 Å². The van der Waals surface area contributed by atoms with E-state index in [1.54, 1.807) is 0 Å². The van der Waals surface area contributed by atoms with Gasteiger partial charge in [-0.05, 0) is 12.5 Å². The van der Waals surface area contributed by atoms with Crippen LogP contribution in [0.4, 0.5) is 11.5 Å². The fraction of sp³-hybridized carbons (Fsp3) is 0.261. The van der Waals surface area contributed by atoms with E-state index in [1.807, 2.05) is 74.6 Å². The van der Waals surface area contributed by atoms with E-state index >= 15 is 0 Å². The smallest absolute Gasteiger partial charge is 0.330 e. The number of hydrogen-bond acceptors (Lipinski definition) is 4. The summed E-state index contributed by atoms with van der Waals surface area (Å²) in [5.41, 5.74) is 6.84. The Kier molecular flexibility index (Phi) is 6.71. The minimum absolute atomic E-state index is 0.0271. The van der Waals surface area contributed by atoms with Crippen molar-refractivity contribution < 1.29 is 9.69 Å². The Balaban J connectivity index is 1.84. The van der Waals surface area contributed by atoms with Crippen molar-refractivity contribution in [2.24, 2.45) is 0 Å². The predicted molar refractivity (Wildman–Crippen MR) is 121 cm³/mol. The molecule has 4 N–H and O–H groups in total. The molecular weight excluding hydrogens is 394 g/mol. The molecule has 0 spiro atoms. The summed E-state index contributed by atoms with van der Waals surface area (Å²) in [5, 5.41) is 0. The maximum atomic E-state index is 13.0. The van der Waals surface area contributed by atoms with Gasteiger partial charge in [0.05, 0.1) is 13.6 Å². The number of H-pyrrole nitrogens is 1. The van der Waals surface area contributed by atoms with Crippen molar-refractivity contribution in [1.82, 2.24) is 9.55 Å². The van der Waals surface area contributed by atoms with Crippen LogP contribution in [-0.2, 0) is 11.3 Å². The number of nitrogen functional groups attached to an aromatic ring is 1. The molecule has 2 aromatic carbocycles. The second-order valence-corrected chi connectivity index (χ2v) is 7.67. The van der Waals surface area contributed by atoms with Crippen LogP contribution in [0.1, 0.15) is 24.1 Å². The Hall–Kier alpha value is -3.65. The molecule has 0 bridgehead atoms. The minimum atomic E-state index is -0.684. The lowest BCUT2D eigenvalue weighted by Gasteiger charge is -2.25. The zero-order chi connectivity index (χ0) is 22.5. The van der Waals surface area contributed by atoms with Gasteiger partial charge in [-0.1, -0.05) is 60.7 Å². The second-order valence-electron chi connectivity index (χ2n) is 7.67. The molecule has 8 heteroatoms. The molecule has 31 heavy (non-hydrogen) atoms. The third-order valence-electron chi connectivity index (χ3n) is 5.58. The van der Waals surface area contributed by atoms with Gasteiger partial charge in [-0.25, -0.2) is 4.79 Å². The second kappa shape index (κ2) is 9.44. The quantitative estimate of drug-likeness (QED) is 0.513. The molecule has 0 aliphatic carbocycles. The number of nitrogens with zero attached hydrogens (tertiary/aromatic N) is 2. The highest BCUT2D eigenvalue weighted by atomic mass is 16.2. The van der Waals surface area contributed by atoms with Crippen LogP contribution >= 0.6 is 0 Å². The van der Waals surface area contributed by atoms with Crippen LogP contribution in [0.25, 0.3) is 0 Å². The molecule has 0 radical (unpaired) electrons. The van der Waals surface area contributed by atoms with Gasteiger partial charge < -0.3 is 15.5 Å². The molecule has 162 valence electrons. The van der Waals surface area contributed by atoms with Crippen molar-refractivity contribution in [1.29, 1.82) is 0 Å². The normalized spacial score (nSPS) is 12.9. The molecule has 1 amide bonds. The highest BCUT2D eigenvalue weighted by molar-refractivity contribution is 5.95. The first kappa shape index (κ1) is 22.0. The number of aromatic nitrogens is 2. The summed E-state index contributed by atoms with van der Waals surface area (Å²) in [6.45, 7) is 2.38. The molecule has 8 nitrogen and oxygen atoms in total. The molecule has 1 heterocycles.